The van der Waals surface area contributed by atoms with Crippen molar-refractivity contribution in [2.75, 3.05) is 18.1 Å². The Bertz CT molecular complexity index is 1460. The lowest BCUT2D eigenvalue weighted by atomic mass is 9.67. The summed E-state index contributed by atoms with van der Waals surface area (Å²) in [5.74, 6) is -0.814. The van der Waals surface area contributed by atoms with E-state index in [2.05, 4.69) is 6.07 Å². The van der Waals surface area contributed by atoms with E-state index in [1.54, 1.807) is 12.1 Å². The van der Waals surface area contributed by atoms with Crippen LogP contribution in [0.3, 0.4) is 0 Å². The average molecular weight is 511 g/mol. The van der Waals surface area contributed by atoms with Crippen LogP contribution in [0, 0.1) is 23.2 Å². The number of ether oxygens (including phenoxy) is 2. The van der Waals surface area contributed by atoms with E-state index >= 15 is 0 Å². The van der Waals surface area contributed by atoms with E-state index in [4.69, 9.17) is 14.6 Å². The van der Waals surface area contributed by atoms with Gasteiger partial charge in [0.25, 0.3) is 0 Å². The third-order valence-electron chi connectivity index (χ3n) is 8.62. The van der Waals surface area contributed by atoms with Gasteiger partial charge in [-0.05, 0) is 62.4 Å². The Labute approximate surface area is 221 Å². The number of carbonyl (C=O) groups excluding carboxylic acids is 2. The molecule has 3 aromatic rings. The molecule has 0 saturated carbocycles. The second kappa shape index (κ2) is 9.23. The highest BCUT2D eigenvalue weighted by Gasteiger charge is 2.73. The lowest BCUT2D eigenvalue weighted by Gasteiger charge is -2.31. The van der Waals surface area contributed by atoms with Gasteiger partial charge in [-0.3, -0.25) is 9.59 Å². The smallest absolute Gasteiger partial charge is 0.240 e. The number of hydrogen-bond donors (Lipinski definition) is 1. The third-order valence-corrected chi connectivity index (χ3v) is 8.62. The van der Waals surface area contributed by atoms with Crippen LogP contribution in [0.5, 0.6) is 5.75 Å². The van der Waals surface area contributed by atoms with E-state index in [1.807, 2.05) is 55.5 Å². The molecule has 7 nitrogen and oxygen atoms in total. The summed E-state index contributed by atoms with van der Waals surface area (Å²) >= 11 is 0. The van der Waals surface area contributed by atoms with Crippen LogP contribution in [0.25, 0.3) is 10.8 Å². The molecular formula is C31H30N2O5. The summed E-state index contributed by atoms with van der Waals surface area (Å²) in [6.07, 6.45) is 3.47. The number of carbonyl (C=O) groups is 2. The van der Waals surface area contributed by atoms with Gasteiger partial charge in [0.2, 0.25) is 11.8 Å². The molecule has 6 rings (SSSR count). The highest BCUT2D eigenvalue weighted by molar-refractivity contribution is 6.26. The Morgan fingerprint density at radius 1 is 1.03 bits per heavy atom. The summed E-state index contributed by atoms with van der Waals surface area (Å²) in [4.78, 5) is 29.2. The molecule has 1 N–H and O–H groups in total. The number of nitrogens with zero attached hydrogens (tertiary/aromatic N) is 2. The predicted molar refractivity (Wildman–Crippen MR) is 142 cm³/mol. The summed E-state index contributed by atoms with van der Waals surface area (Å²) in [5, 5.41) is 20.0. The van der Waals surface area contributed by atoms with Gasteiger partial charge < -0.3 is 14.6 Å². The van der Waals surface area contributed by atoms with Crippen molar-refractivity contribution in [2.45, 2.75) is 50.2 Å². The summed E-state index contributed by atoms with van der Waals surface area (Å²) in [7, 11) is 0. The number of aliphatic hydroxyl groups excluding tert-OH is 1. The van der Waals surface area contributed by atoms with Crippen molar-refractivity contribution in [3.8, 4) is 11.8 Å². The Morgan fingerprint density at radius 2 is 1.76 bits per heavy atom. The van der Waals surface area contributed by atoms with E-state index in [1.165, 1.54) is 4.90 Å². The normalized spacial score (nSPS) is 27.7. The van der Waals surface area contributed by atoms with Gasteiger partial charge in [-0.1, -0.05) is 36.4 Å². The fourth-order valence-corrected chi connectivity index (χ4v) is 6.80. The molecule has 3 saturated heterocycles. The number of nitriles is 1. The summed E-state index contributed by atoms with van der Waals surface area (Å²) in [5.41, 5.74) is 0.741. The molecule has 0 spiro atoms. The zero-order valence-corrected chi connectivity index (χ0v) is 21.4. The molecule has 2 amide bonds. The lowest BCUT2D eigenvalue weighted by Crippen LogP contribution is -2.43. The third kappa shape index (κ3) is 3.71. The number of amides is 2. The summed E-state index contributed by atoms with van der Waals surface area (Å²) in [6.45, 7) is 2.50. The fourth-order valence-electron chi connectivity index (χ4n) is 6.80. The van der Waals surface area contributed by atoms with Gasteiger partial charge in [0.15, 0.2) is 0 Å². The maximum Gasteiger partial charge on any atom is 0.240 e. The highest BCUT2D eigenvalue weighted by atomic mass is 16.5. The molecule has 3 aliphatic rings. The first-order chi connectivity index (χ1) is 18.4. The number of rotatable bonds is 8. The van der Waals surface area contributed by atoms with Crippen molar-refractivity contribution in [1.82, 2.24) is 0 Å². The minimum absolute atomic E-state index is 0.168. The Kier molecular flexibility index (Phi) is 5.97. The van der Waals surface area contributed by atoms with Crippen LogP contribution < -0.4 is 9.64 Å². The van der Waals surface area contributed by atoms with Crippen LogP contribution in [-0.4, -0.2) is 41.3 Å². The molecule has 3 aromatic carbocycles. The monoisotopic (exact) mass is 510 g/mol. The average Bonchev–Trinajstić information content (AvgIpc) is 3.51. The molecule has 38 heavy (non-hydrogen) atoms. The highest BCUT2D eigenvalue weighted by Crippen LogP contribution is 2.62. The van der Waals surface area contributed by atoms with Crippen LogP contribution in [0.15, 0.2) is 60.7 Å². The molecule has 7 heteroatoms. The molecular weight excluding hydrogens is 480 g/mol. The number of imide groups is 1. The Morgan fingerprint density at radius 3 is 2.50 bits per heavy atom. The first-order valence-electron chi connectivity index (χ1n) is 13.2. The van der Waals surface area contributed by atoms with Crippen LogP contribution in [-0.2, 0) is 20.7 Å². The number of aryl methyl sites for hydroxylation is 1. The number of anilines is 1. The van der Waals surface area contributed by atoms with E-state index in [0.717, 1.165) is 29.5 Å². The minimum atomic E-state index is -0.746. The minimum Gasteiger partial charge on any atom is -0.493 e. The number of hydrogen-bond acceptors (Lipinski definition) is 6. The first kappa shape index (κ1) is 24.6. The van der Waals surface area contributed by atoms with Crippen molar-refractivity contribution < 1.29 is 24.2 Å². The van der Waals surface area contributed by atoms with Gasteiger partial charge in [0.05, 0.1) is 47.0 Å². The van der Waals surface area contributed by atoms with Crippen molar-refractivity contribution in [2.24, 2.45) is 11.8 Å². The molecule has 0 aromatic heterocycles. The van der Waals surface area contributed by atoms with E-state index < -0.39 is 23.0 Å². The topological polar surface area (TPSA) is 99.9 Å². The molecule has 0 unspecified atom stereocenters. The van der Waals surface area contributed by atoms with Gasteiger partial charge in [-0.15, -0.1) is 0 Å². The standard InChI is InChI=1S/C31H30N2O5/c1-30-14-15-31(38-30,16-18-37-22-11-8-20(9-12-22)5-4-17-34)27-26(30)28(35)33(29(27)36)25-13-10-21(19-32)23-6-2-3-7-24(23)25/h2-3,6-13,26-27,34H,4-5,14-18H2,1H3/t26-,27+,30-,31-/m1/s1. The van der Waals surface area contributed by atoms with Crippen LogP contribution >= 0.6 is 0 Å². The Balaban J connectivity index is 1.25. The van der Waals surface area contributed by atoms with E-state index in [-0.39, 0.29) is 18.4 Å². The molecule has 3 aliphatic heterocycles. The number of benzene rings is 3. The second-order valence-corrected chi connectivity index (χ2v) is 10.8. The molecule has 2 bridgehead atoms. The van der Waals surface area contributed by atoms with Crippen LogP contribution in [0.1, 0.15) is 43.7 Å². The van der Waals surface area contributed by atoms with Gasteiger partial charge in [-0.25, -0.2) is 4.90 Å². The molecule has 3 fully saturated rings. The molecule has 3 heterocycles. The van der Waals surface area contributed by atoms with Crippen molar-refractivity contribution in [3.63, 3.8) is 0 Å². The van der Waals surface area contributed by atoms with Crippen molar-refractivity contribution >= 4 is 28.3 Å². The van der Waals surface area contributed by atoms with Crippen molar-refractivity contribution in [3.05, 3.63) is 71.8 Å². The molecule has 0 aliphatic carbocycles. The van der Waals surface area contributed by atoms with E-state index in [0.29, 0.717) is 42.5 Å². The number of fused-ring (bicyclic) bond motifs is 6. The van der Waals surface area contributed by atoms with Gasteiger partial charge >= 0.3 is 0 Å². The summed E-state index contributed by atoms with van der Waals surface area (Å²) < 4.78 is 12.6. The van der Waals surface area contributed by atoms with Crippen LogP contribution in [0.4, 0.5) is 5.69 Å². The lowest BCUT2D eigenvalue weighted by molar-refractivity contribution is -0.131. The quantitative estimate of drug-likeness (QED) is 0.447. The maximum absolute atomic E-state index is 14.0. The SMILES string of the molecule is C[C@]12CC[C@](CCOc3ccc(CCCO)cc3)(O1)[C@@H]1C(=O)N(c3ccc(C#N)c4ccccc34)C(=O)[C@@H]12. The maximum atomic E-state index is 14.0. The molecule has 194 valence electrons. The second-order valence-electron chi connectivity index (χ2n) is 10.8. The first-order valence-corrected chi connectivity index (χ1v) is 13.2. The van der Waals surface area contributed by atoms with Crippen LogP contribution in [0.2, 0.25) is 0 Å². The fraction of sp³-hybridized carbons (Fsp3) is 0.387. The van der Waals surface area contributed by atoms with Gasteiger partial charge in [0.1, 0.15) is 5.75 Å². The van der Waals surface area contributed by atoms with Gasteiger partial charge in [0, 0.05) is 23.8 Å². The van der Waals surface area contributed by atoms with Crippen molar-refractivity contribution in [1.29, 1.82) is 5.26 Å². The molecule has 0 radical (unpaired) electrons. The largest absolute Gasteiger partial charge is 0.493 e. The summed E-state index contributed by atoms with van der Waals surface area (Å²) in [6, 6.07) is 20.8. The van der Waals surface area contributed by atoms with Gasteiger partial charge in [-0.2, -0.15) is 5.26 Å². The zero-order chi connectivity index (χ0) is 26.5. The number of aliphatic hydroxyl groups is 1. The molecule has 4 atom stereocenters. The predicted octanol–water partition coefficient (Wildman–Crippen LogP) is 4.53. The Hall–Kier alpha value is -3.73. The van der Waals surface area contributed by atoms with E-state index in [9.17, 15) is 14.9 Å². The zero-order valence-electron chi connectivity index (χ0n) is 21.4.